The van der Waals surface area contributed by atoms with Crippen molar-refractivity contribution in [3.05, 3.63) is 78.0 Å². The van der Waals surface area contributed by atoms with Gasteiger partial charge in [-0.25, -0.2) is 0 Å². The van der Waals surface area contributed by atoms with Crippen molar-refractivity contribution in [3.8, 4) is 22.4 Å². The molecule has 0 radical (unpaired) electrons. The van der Waals surface area contributed by atoms with E-state index >= 15 is 0 Å². The van der Waals surface area contributed by atoms with Gasteiger partial charge in [0.1, 0.15) is 0 Å². The Bertz CT molecular complexity index is 727. The fourth-order valence-corrected chi connectivity index (χ4v) is 2.44. The molecule has 0 saturated heterocycles. The number of rotatable bonds is 2. The molecule has 20 heavy (non-hydrogen) atoms. The maximum Gasteiger partial charge on any atom is 0.0737 e. The van der Waals surface area contributed by atoms with Crippen LogP contribution < -0.4 is 0 Å². The van der Waals surface area contributed by atoms with E-state index in [0.717, 1.165) is 5.69 Å². The predicted molar refractivity (Wildman–Crippen MR) is 84.6 cm³/mol. The normalized spacial score (nSPS) is 10.5. The Morgan fingerprint density at radius 1 is 0.700 bits per heavy atom. The summed E-state index contributed by atoms with van der Waals surface area (Å²) < 4.78 is 0. The van der Waals surface area contributed by atoms with Crippen LogP contribution in [0.3, 0.4) is 0 Å². The van der Waals surface area contributed by atoms with Crippen molar-refractivity contribution in [2.45, 2.75) is 13.8 Å². The number of pyridine rings is 1. The van der Waals surface area contributed by atoms with Gasteiger partial charge in [-0.2, -0.15) is 0 Å². The smallest absolute Gasteiger partial charge is 0.0737 e. The van der Waals surface area contributed by atoms with Gasteiger partial charge in [0.2, 0.25) is 0 Å². The Morgan fingerprint density at radius 2 is 1.40 bits per heavy atom. The van der Waals surface area contributed by atoms with Gasteiger partial charge in [-0.15, -0.1) is 0 Å². The highest BCUT2D eigenvalue weighted by molar-refractivity contribution is 5.82. The molecule has 0 fully saturated rings. The summed E-state index contributed by atoms with van der Waals surface area (Å²) in [6, 6.07) is 21.2. The van der Waals surface area contributed by atoms with Crippen LogP contribution in [0.5, 0.6) is 0 Å². The lowest BCUT2D eigenvalue weighted by molar-refractivity contribution is 1.27. The molecule has 3 aromatic rings. The molecule has 0 atom stereocenters. The fourth-order valence-electron chi connectivity index (χ4n) is 2.44. The highest BCUT2D eigenvalue weighted by Crippen LogP contribution is 2.32. The summed E-state index contributed by atoms with van der Waals surface area (Å²) in [6.07, 6.45) is 1.86. The van der Waals surface area contributed by atoms with Crippen molar-refractivity contribution in [2.24, 2.45) is 0 Å². The molecule has 0 N–H and O–H groups in total. The Labute approximate surface area is 119 Å². The summed E-state index contributed by atoms with van der Waals surface area (Å²) in [5.74, 6) is 0. The minimum atomic E-state index is 1.06. The molecule has 98 valence electrons. The highest BCUT2D eigenvalue weighted by atomic mass is 14.7. The van der Waals surface area contributed by atoms with Crippen molar-refractivity contribution in [1.82, 2.24) is 4.98 Å². The van der Waals surface area contributed by atoms with Crippen molar-refractivity contribution < 1.29 is 0 Å². The third-order valence-corrected chi connectivity index (χ3v) is 3.55. The van der Waals surface area contributed by atoms with Crippen LogP contribution in [-0.2, 0) is 0 Å². The van der Waals surface area contributed by atoms with Gasteiger partial charge in [-0.05, 0) is 36.6 Å². The highest BCUT2D eigenvalue weighted by Gasteiger charge is 2.09. The summed E-state index contributed by atoms with van der Waals surface area (Å²) in [7, 11) is 0. The molecule has 1 nitrogen and oxygen atoms in total. The lowest BCUT2D eigenvalue weighted by atomic mass is 9.95. The second kappa shape index (κ2) is 5.30. The number of nitrogens with zero attached hydrogens (tertiary/aromatic N) is 1. The first-order chi connectivity index (χ1) is 9.75. The van der Waals surface area contributed by atoms with Crippen LogP contribution in [0.1, 0.15) is 11.1 Å². The molecule has 2 aromatic carbocycles. The summed E-state index contributed by atoms with van der Waals surface area (Å²) >= 11 is 0. The van der Waals surface area contributed by atoms with Crippen LogP contribution in [0.15, 0.2) is 66.9 Å². The SMILES string of the molecule is Cc1ccc(-c2ccccc2-c2ncccc2C)cc1. The topological polar surface area (TPSA) is 12.9 Å². The van der Waals surface area contributed by atoms with Crippen LogP contribution in [-0.4, -0.2) is 4.98 Å². The average Bonchev–Trinajstić information content (AvgIpc) is 2.49. The first kappa shape index (κ1) is 12.6. The summed E-state index contributed by atoms with van der Waals surface area (Å²) in [5, 5.41) is 0. The molecule has 0 aliphatic rings. The van der Waals surface area contributed by atoms with Crippen LogP contribution >= 0.6 is 0 Å². The molecule has 0 saturated carbocycles. The summed E-state index contributed by atoms with van der Waals surface area (Å²) in [5.41, 5.74) is 7.19. The zero-order valence-corrected chi connectivity index (χ0v) is 11.8. The van der Waals surface area contributed by atoms with E-state index in [1.807, 2.05) is 12.3 Å². The van der Waals surface area contributed by atoms with E-state index in [1.165, 1.54) is 27.8 Å². The Kier molecular flexibility index (Phi) is 3.34. The van der Waals surface area contributed by atoms with Crippen molar-refractivity contribution in [3.63, 3.8) is 0 Å². The minimum Gasteiger partial charge on any atom is -0.256 e. The lowest BCUT2D eigenvalue weighted by Crippen LogP contribution is -1.90. The lowest BCUT2D eigenvalue weighted by Gasteiger charge is -2.11. The van der Waals surface area contributed by atoms with E-state index in [-0.39, 0.29) is 0 Å². The molecule has 1 aromatic heterocycles. The van der Waals surface area contributed by atoms with Gasteiger partial charge in [-0.1, -0.05) is 60.2 Å². The molecule has 0 unspecified atom stereocenters. The Morgan fingerprint density at radius 3 is 2.10 bits per heavy atom. The monoisotopic (exact) mass is 259 g/mol. The van der Waals surface area contributed by atoms with Crippen LogP contribution in [0, 0.1) is 13.8 Å². The molecular weight excluding hydrogens is 242 g/mol. The maximum absolute atomic E-state index is 4.55. The molecule has 1 heterocycles. The number of aryl methyl sites for hydroxylation is 2. The second-order valence-electron chi connectivity index (χ2n) is 5.08. The van der Waals surface area contributed by atoms with Gasteiger partial charge >= 0.3 is 0 Å². The van der Waals surface area contributed by atoms with Crippen molar-refractivity contribution >= 4 is 0 Å². The fraction of sp³-hybridized carbons (Fsp3) is 0.105. The number of benzene rings is 2. The quantitative estimate of drug-likeness (QED) is 0.628. The van der Waals surface area contributed by atoms with Gasteiger partial charge < -0.3 is 0 Å². The van der Waals surface area contributed by atoms with Gasteiger partial charge in [0.25, 0.3) is 0 Å². The largest absolute Gasteiger partial charge is 0.256 e. The van der Waals surface area contributed by atoms with E-state index < -0.39 is 0 Å². The Balaban J connectivity index is 2.19. The van der Waals surface area contributed by atoms with Crippen LogP contribution in [0.25, 0.3) is 22.4 Å². The third kappa shape index (κ3) is 2.35. The molecule has 3 rings (SSSR count). The minimum absolute atomic E-state index is 1.06. The molecule has 0 amide bonds. The van der Waals surface area contributed by atoms with Crippen molar-refractivity contribution in [2.75, 3.05) is 0 Å². The molecular formula is C19H17N. The summed E-state index contributed by atoms with van der Waals surface area (Å²) in [4.78, 5) is 4.55. The summed E-state index contributed by atoms with van der Waals surface area (Å²) in [6.45, 7) is 4.22. The van der Waals surface area contributed by atoms with E-state index in [1.54, 1.807) is 0 Å². The molecule has 0 bridgehead atoms. The van der Waals surface area contributed by atoms with Crippen molar-refractivity contribution in [1.29, 1.82) is 0 Å². The van der Waals surface area contributed by atoms with Crippen LogP contribution in [0.2, 0.25) is 0 Å². The van der Waals surface area contributed by atoms with Crippen LogP contribution in [0.4, 0.5) is 0 Å². The molecule has 0 spiro atoms. The molecule has 0 aliphatic carbocycles. The van der Waals surface area contributed by atoms with E-state index in [9.17, 15) is 0 Å². The zero-order valence-electron chi connectivity index (χ0n) is 11.8. The zero-order chi connectivity index (χ0) is 13.9. The Hall–Kier alpha value is -2.41. The van der Waals surface area contributed by atoms with Gasteiger partial charge in [0, 0.05) is 11.8 Å². The maximum atomic E-state index is 4.55. The predicted octanol–water partition coefficient (Wildman–Crippen LogP) is 5.03. The number of aromatic nitrogens is 1. The number of hydrogen-bond donors (Lipinski definition) is 0. The third-order valence-electron chi connectivity index (χ3n) is 3.55. The average molecular weight is 259 g/mol. The number of hydrogen-bond acceptors (Lipinski definition) is 1. The van der Waals surface area contributed by atoms with Gasteiger partial charge in [-0.3, -0.25) is 4.98 Å². The van der Waals surface area contributed by atoms with E-state index in [4.69, 9.17) is 0 Å². The van der Waals surface area contributed by atoms with Gasteiger partial charge in [0.15, 0.2) is 0 Å². The van der Waals surface area contributed by atoms with E-state index in [2.05, 4.69) is 73.4 Å². The first-order valence-corrected chi connectivity index (χ1v) is 6.84. The standard InChI is InChI=1S/C19H17N/c1-14-9-11-16(12-10-14)17-7-3-4-8-18(17)19-15(2)6-5-13-20-19/h3-13H,1-2H3. The molecule has 0 aliphatic heterocycles. The van der Waals surface area contributed by atoms with E-state index in [0.29, 0.717) is 0 Å². The second-order valence-corrected chi connectivity index (χ2v) is 5.08. The first-order valence-electron chi connectivity index (χ1n) is 6.84. The molecule has 1 heteroatoms. The van der Waals surface area contributed by atoms with Gasteiger partial charge in [0.05, 0.1) is 5.69 Å².